The summed E-state index contributed by atoms with van der Waals surface area (Å²) in [6.45, 7) is 5.15. The second kappa shape index (κ2) is 14.1. The van der Waals surface area contributed by atoms with E-state index >= 15 is 0 Å². The van der Waals surface area contributed by atoms with Crippen molar-refractivity contribution in [3.05, 3.63) is 32.9 Å². The fourth-order valence-corrected chi connectivity index (χ4v) is 9.02. The summed E-state index contributed by atoms with van der Waals surface area (Å²) in [5.41, 5.74) is 1.08. The van der Waals surface area contributed by atoms with E-state index < -0.39 is 18.2 Å². The third-order valence-electron chi connectivity index (χ3n) is 10.9. The zero-order chi connectivity index (χ0) is 31.6. The topological polar surface area (TPSA) is 125 Å². The number of aliphatic hydroxyl groups excluding tert-OH is 2. The molecule has 5 aliphatic rings. The van der Waals surface area contributed by atoms with Crippen molar-refractivity contribution in [3.8, 4) is 11.5 Å². The van der Waals surface area contributed by atoms with Gasteiger partial charge in [-0.15, -0.1) is 0 Å². The molecule has 0 unspecified atom stereocenters. The van der Waals surface area contributed by atoms with E-state index in [1.807, 2.05) is 4.90 Å². The molecule has 9 nitrogen and oxygen atoms in total. The highest BCUT2D eigenvalue weighted by Crippen LogP contribution is 2.61. The van der Waals surface area contributed by atoms with Gasteiger partial charge >= 0.3 is 0 Å². The molecule has 0 radical (unpaired) electrons. The van der Waals surface area contributed by atoms with E-state index in [1.165, 1.54) is 13.5 Å². The van der Waals surface area contributed by atoms with Gasteiger partial charge in [-0.25, -0.2) is 0 Å². The molecule has 0 heterocycles. The van der Waals surface area contributed by atoms with Gasteiger partial charge in [0.05, 0.1) is 23.3 Å². The molecule has 2 amide bonds. The maximum atomic E-state index is 14.2. The molecule has 6 atom stereocenters. The van der Waals surface area contributed by atoms with Crippen LogP contribution in [0.4, 0.5) is 0 Å². The number of carbonyl (C=O) groups is 3. The van der Waals surface area contributed by atoms with E-state index in [0.717, 1.165) is 50.7 Å². The van der Waals surface area contributed by atoms with E-state index in [9.17, 15) is 24.6 Å². The molecule has 1 aromatic rings. The summed E-state index contributed by atoms with van der Waals surface area (Å²) in [6, 6.07) is 2.59. The number of hydrogen-bond acceptors (Lipinski definition) is 7. The summed E-state index contributed by atoms with van der Waals surface area (Å²) in [5.74, 6) is 2.32. The molecular formula is C34H47IN2O7. The van der Waals surface area contributed by atoms with E-state index in [0.29, 0.717) is 56.9 Å². The van der Waals surface area contributed by atoms with E-state index in [2.05, 4.69) is 41.8 Å². The highest BCUT2D eigenvalue weighted by Gasteiger charge is 2.55. The number of fused-ring (bicyclic) bond motifs is 2. The van der Waals surface area contributed by atoms with Gasteiger partial charge in [0.1, 0.15) is 18.5 Å². The number of hydrogen-bond donors (Lipinski definition) is 3. The van der Waals surface area contributed by atoms with E-state index in [-0.39, 0.29) is 36.8 Å². The standard InChI is InChI=1S/C34H47IN2O7/c1-34(2)24-9-8-22(25(34)17-24)18-37(30(40)14-20-6-4-5-7-20)27-15-23(33(42)36-10-11-38)16-28(31(27)41)44-32-26(35)12-21(19-39)13-29(32)43-3/h12-13,16,19-20,22,24-25,27-28,31,38,41H,4-11,14-15,17-18H2,1-3H3,(H,36,42)/t22-,24-,25-,27+,28-,31-/m0/s1. The summed E-state index contributed by atoms with van der Waals surface area (Å²) >= 11 is 2.06. The summed E-state index contributed by atoms with van der Waals surface area (Å²) in [5, 5.41) is 24.1. The van der Waals surface area contributed by atoms with Crippen LogP contribution in [0.15, 0.2) is 23.8 Å². The average molecular weight is 723 g/mol. The lowest BCUT2D eigenvalue weighted by Crippen LogP contribution is -2.59. The Bertz CT molecular complexity index is 1260. The normalized spacial score (nSPS) is 29.3. The molecule has 10 heteroatoms. The number of amides is 2. The van der Waals surface area contributed by atoms with Crippen LogP contribution in [0.3, 0.4) is 0 Å². The highest BCUT2D eigenvalue weighted by atomic mass is 127. The summed E-state index contributed by atoms with van der Waals surface area (Å²) < 4.78 is 12.6. The number of carbonyl (C=O) groups excluding carboxylic acids is 3. The Balaban J connectivity index is 1.48. The van der Waals surface area contributed by atoms with Gasteiger partial charge in [-0.2, -0.15) is 0 Å². The first kappa shape index (κ1) is 33.2. The van der Waals surface area contributed by atoms with Crippen LogP contribution >= 0.6 is 22.6 Å². The summed E-state index contributed by atoms with van der Waals surface area (Å²) in [4.78, 5) is 40.9. The molecule has 0 spiro atoms. The number of aliphatic hydroxyl groups is 2. The zero-order valence-corrected chi connectivity index (χ0v) is 28.3. The van der Waals surface area contributed by atoms with Crippen LogP contribution in [0.25, 0.3) is 0 Å². The van der Waals surface area contributed by atoms with Gasteiger partial charge in [-0.1, -0.05) is 26.7 Å². The van der Waals surface area contributed by atoms with Gasteiger partial charge in [-0.3, -0.25) is 14.4 Å². The molecule has 6 rings (SSSR count). The molecule has 5 aliphatic carbocycles. The largest absolute Gasteiger partial charge is 0.493 e. The first-order chi connectivity index (χ1) is 21.1. The van der Waals surface area contributed by atoms with E-state index in [1.54, 1.807) is 18.2 Å². The molecule has 0 saturated heterocycles. The maximum Gasteiger partial charge on any atom is 0.247 e. The van der Waals surface area contributed by atoms with Gasteiger partial charge in [0.25, 0.3) is 0 Å². The van der Waals surface area contributed by atoms with Gasteiger partial charge in [0, 0.05) is 37.1 Å². The number of halogens is 1. The van der Waals surface area contributed by atoms with Crippen LogP contribution in [-0.2, 0) is 9.59 Å². The lowest BCUT2D eigenvalue weighted by atomic mass is 9.45. The number of nitrogens with zero attached hydrogens (tertiary/aromatic N) is 1. The number of benzene rings is 1. The van der Waals surface area contributed by atoms with Crippen molar-refractivity contribution < 1.29 is 34.1 Å². The molecule has 4 fully saturated rings. The minimum absolute atomic E-state index is 0.0402. The van der Waals surface area contributed by atoms with Gasteiger partial charge in [-0.05, 0) is 102 Å². The van der Waals surface area contributed by atoms with Gasteiger partial charge in [0.2, 0.25) is 11.8 Å². The van der Waals surface area contributed by atoms with Crippen molar-refractivity contribution in [1.29, 1.82) is 0 Å². The maximum absolute atomic E-state index is 14.2. The van der Waals surface area contributed by atoms with Crippen molar-refractivity contribution in [2.24, 2.45) is 29.1 Å². The molecule has 3 N–H and O–H groups in total. The van der Waals surface area contributed by atoms with Crippen LogP contribution in [0.5, 0.6) is 11.5 Å². The first-order valence-electron chi connectivity index (χ1n) is 16.1. The molecular weight excluding hydrogens is 675 g/mol. The van der Waals surface area contributed by atoms with Gasteiger partial charge in [0.15, 0.2) is 11.5 Å². The minimum atomic E-state index is -1.10. The second-order valence-corrected chi connectivity index (χ2v) is 14.9. The third kappa shape index (κ3) is 6.82. The summed E-state index contributed by atoms with van der Waals surface area (Å²) in [6.07, 6.45) is 8.71. The van der Waals surface area contributed by atoms with Crippen molar-refractivity contribution in [1.82, 2.24) is 10.2 Å². The molecule has 4 saturated carbocycles. The monoisotopic (exact) mass is 722 g/mol. The average Bonchev–Trinajstić information content (AvgIpc) is 3.53. The van der Waals surface area contributed by atoms with Crippen molar-refractivity contribution >= 4 is 40.7 Å². The molecule has 1 aromatic carbocycles. The number of aldehydes is 1. The quantitative estimate of drug-likeness (QED) is 0.214. The number of nitrogens with one attached hydrogen (secondary N) is 1. The Hall–Kier alpha value is -2.18. The third-order valence-corrected chi connectivity index (χ3v) is 11.7. The molecule has 0 aliphatic heterocycles. The molecule has 44 heavy (non-hydrogen) atoms. The lowest BCUT2D eigenvalue weighted by molar-refractivity contribution is -0.149. The van der Waals surface area contributed by atoms with Crippen molar-refractivity contribution in [3.63, 3.8) is 0 Å². The van der Waals surface area contributed by atoms with Crippen molar-refractivity contribution in [2.45, 2.75) is 89.9 Å². The van der Waals surface area contributed by atoms with E-state index in [4.69, 9.17) is 9.47 Å². The highest BCUT2D eigenvalue weighted by molar-refractivity contribution is 14.1. The number of rotatable bonds is 12. The fourth-order valence-electron chi connectivity index (χ4n) is 8.27. The Morgan fingerprint density at radius 1 is 1.18 bits per heavy atom. The Morgan fingerprint density at radius 2 is 1.93 bits per heavy atom. The number of ether oxygens (including phenoxy) is 2. The van der Waals surface area contributed by atoms with Crippen LogP contribution in [-0.4, -0.2) is 78.3 Å². The van der Waals surface area contributed by atoms with Crippen LogP contribution < -0.4 is 14.8 Å². The molecule has 242 valence electrons. The van der Waals surface area contributed by atoms with Crippen LogP contribution in [0, 0.1) is 32.7 Å². The SMILES string of the molecule is COc1cc(C=O)cc(I)c1O[C@H]1C=C(C(=O)NCCO)C[C@@H](N(C[C@@H]2CC[C@H]3C[C@@H]2C3(C)C)C(=O)CC2CCCC2)[C@@H]1O. The Labute approximate surface area is 274 Å². The molecule has 2 bridgehead atoms. The van der Waals surface area contributed by atoms with Crippen molar-refractivity contribution in [2.75, 3.05) is 26.8 Å². The second-order valence-electron chi connectivity index (χ2n) is 13.8. The Kier molecular flexibility index (Phi) is 10.6. The van der Waals surface area contributed by atoms with Crippen LogP contribution in [0.2, 0.25) is 0 Å². The Morgan fingerprint density at radius 3 is 2.57 bits per heavy atom. The predicted molar refractivity (Wildman–Crippen MR) is 174 cm³/mol. The number of methoxy groups -OCH3 is 1. The predicted octanol–water partition coefficient (Wildman–Crippen LogP) is 4.51. The van der Waals surface area contributed by atoms with Gasteiger partial charge < -0.3 is 29.9 Å². The molecule has 0 aromatic heterocycles. The fraction of sp³-hybridized carbons (Fsp3) is 0.676. The minimum Gasteiger partial charge on any atom is -0.493 e. The van der Waals surface area contributed by atoms with Crippen LogP contribution in [0.1, 0.15) is 82.0 Å². The first-order valence-corrected chi connectivity index (χ1v) is 17.2. The summed E-state index contributed by atoms with van der Waals surface area (Å²) in [7, 11) is 1.48. The lowest BCUT2D eigenvalue weighted by Gasteiger charge is -2.61. The smallest absolute Gasteiger partial charge is 0.247 e. The zero-order valence-electron chi connectivity index (χ0n) is 26.1.